The van der Waals surface area contributed by atoms with E-state index >= 15 is 0 Å². The summed E-state index contributed by atoms with van der Waals surface area (Å²) in [5.41, 5.74) is 1.06. The van der Waals surface area contributed by atoms with Gasteiger partial charge >= 0.3 is 0 Å². The van der Waals surface area contributed by atoms with Crippen molar-refractivity contribution < 1.29 is 14.3 Å². The molecule has 1 aliphatic heterocycles. The number of hydrogen-bond acceptors (Lipinski definition) is 6. The molecular formula is C26H27FN6O2. The van der Waals surface area contributed by atoms with Crippen LogP contribution in [-0.4, -0.2) is 44.7 Å². The van der Waals surface area contributed by atoms with E-state index in [9.17, 15) is 14.3 Å². The molecule has 1 fully saturated rings. The van der Waals surface area contributed by atoms with Crippen molar-refractivity contribution in [3.05, 3.63) is 71.2 Å². The topological polar surface area (TPSA) is 95.6 Å². The van der Waals surface area contributed by atoms with Gasteiger partial charge in [0.25, 0.3) is 5.91 Å². The lowest BCUT2D eigenvalue weighted by Crippen LogP contribution is -2.60. The Morgan fingerprint density at radius 1 is 1.29 bits per heavy atom. The third-order valence-corrected chi connectivity index (χ3v) is 6.21. The Kier molecular flexibility index (Phi) is 6.26. The van der Waals surface area contributed by atoms with Gasteiger partial charge in [0.15, 0.2) is 0 Å². The zero-order valence-electron chi connectivity index (χ0n) is 20.1. The molecule has 1 unspecified atom stereocenters. The van der Waals surface area contributed by atoms with E-state index in [0.717, 1.165) is 5.56 Å². The van der Waals surface area contributed by atoms with Crippen molar-refractivity contribution in [1.82, 2.24) is 15.0 Å². The van der Waals surface area contributed by atoms with Crippen LogP contribution in [0.1, 0.15) is 48.9 Å². The van der Waals surface area contributed by atoms with Crippen LogP contribution in [0, 0.1) is 13.5 Å². The average molecular weight is 475 g/mol. The number of aromatic nitrogens is 3. The molecule has 1 amide bonds. The lowest BCUT2D eigenvalue weighted by molar-refractivity contribution is 0.0306. The van der Waals surface area contributed by atoms with Gasteiger partial charge in [0.1, 0.15) is 11.5 Å². The Hall–Kier alpha value is -3.90. The maximum Gasteiger partial charge on any atom is 0.255 e. The van der Waals surface area contributed by atoms with Gasteiger partial charge in [-0.2, -0.15) is 0 Å². The fourth-order valence-corrected chi connectivity index (χ4v) is 3.98. The fraction of sp³-hybridized carbons (Fsp3) is 0.346. The summed E-state index contributed by atoms with van der Waals surface area (Å²) in [7, 11) is 0. The molecule has 0 bridgehead atoms. The summed E-state index contributed by atoms with van der Waals surface area (Å²) in [6.45, 7) is 15.2. The van der Waals surface area contributed by atoms with Crippen LogP contribution < -0.4 is 10.2 Å². The molecular weight excluding hydrogens is 447 g/mol. The number of halogens is 1. The van der Waals surface area contributed by atoms with E-state index < -0.39 is 17.2 Å². The first-order valence-corrected chi connectivity index (χ1v) is 11.3. The van der Waals surface area contributed by atoms with E-state index in [0.29, 0.717) is 47.1 Å². The van der Waals surface area contributed by atoms with Crippen LogP contribution in [0.2, 0.25) is 0 Å². The fourth-order valence-electron chi connectivity index (χ4n) is 3.98. The van der Waals surface area contributed by atoms with Gasteiger partial charge in [-0.3, -0.25) is 19.7 Å². The predicted molar refractivity (Wildman–Crippen MR) is 132 cm³/mol. The van der Waals surface area contributed by atoms with Crippen molar-refractivity contribution in [2.75, 3.05) is 23.3 Å². The van der Waals surface area contributed by atoms with Crippen molar-refractivity contribution in [1.29, 1.82) is 0 Å². The summed E-state index contributed by atoms with van der Waals surface area (Å²) in [5.74, 6) is 0.128. The molecule has 0 spiro atoms. The number of carbonyl (C=O) groups is 1. The van der Waals surface area contributed by atoms with Crippen molar-refractivity contribution in [2.24, 2.45) is 0 Å². The molecule has 2 N–H and O–H groups in total. The summed E-state index contributed by atoms with van der Waals surface area (Å²) in [6.07, 6.45) is 4.87. The highest BCUT2D eigenvalue weighted by Gasteiger charge is 2.38. The second-order valence-corrected chi connectivity index (χ2v) is 9.32. The molecule has 1 aliphatic rings. The second kappa shape index (κ2) is 9.04. The molecule has 9 heteroatoms. The number of amides is 1. The van der Waals surface area contributed by atoms with E-state index in [1.54, 1.807) is 38.4 Å². The van der Waals surface area contributed by atoms with Crippen molar-refractivity contribution in [3.8, 4) is 11.1 Å². The molecule has 35 heavy (non-hydrogen) atoms. The van der Waals surface area contributed by atoms with Crippen LogP contribution in [0.4, 0.5) is 21.6 Å². The number of β-amino-alcohol motifs (C(OH)–C–C–N with tert-alkyl or cyclic N) is 1. The first-order chi connectivity index (χ1) is 16.5. The van der Waals surface area contributed by atoms with Gasteiger partial charge in [-0.1, -0.05) is 6.92 Å². The maximum atomic E-state index is 14.7. The molecule has 0 aliphatic carbocycles. The third-order valence-electron chi connectivity index (χ3n) is 6.21. The number of aliphatic hydroxyl groups is 1. The standard InChI is InChI=1S/C26H27FN6O2/c1-6-26(4,27)22-10-17(7-8-29-22)24(34)32-19-11-20(16(2)30-13-19)18-9-21(28-5)23(31-12-18)33-14-25(3,35)15-33/h7-13,35H,6,14-15H2,1-4H3,(H,32,34). The molecule has 4 heterocycles. The van der Waals surface area contributed by atoms with E-state index in [2.05, 4.69) is 25.1 Å². The number of pyridine rings is 3. The number of anilines is 2. The van der Waals surface area contributed by atoms with Gasteiger partial charge in [0.2, 0.25) is 5.69 Å². The Morgan fingerprint density at radius 2 is 2.03 bits per heavy atom. The number of nitrogens with zero attached hydrogens (tertiary/aromatic N) is 5. The molecule has 3 aromatic heterocycles. The molecule has 3 aromatic rings. The van der Waals surface area contributed by atoms with Crippen LogP contribution in [-0.2, 0) is 5.67 Å². The van der Waals surface area contributed by atoms with Crippen molar-refractivity contribution in [2.45, 2.75) is 45.4 Å². The normalized spacial score (nSPS) is 16.1. The Bertz CT molecular complexity index is 1320. The number of hydrogen-bond donors (Lipinski definition) is 2. The maximum absolute atomic E-state index is 14.7. The molecule has 1 atom stereocenters. The zero-order chi connectivity index (χ0) is 25.4. The highest BCUT2D eigenvalue weighted by molar-refractivity contribution is 6.04. The Labute approximate surface area is 203 Å². The molecule has 1 saturated heterocycles. The van der Waals surface area contributed by atoms with E-state index in [1.165, 1.54) is 25.3 Å². The van der Waals surface area contributed by atoms with Crippen LogP contribution in [0.25, 0.3) is 16.0 Å². The number of carbonyl (C=O) groups excluding carboxylic acids is 1. The van der Waals surface area contributed by atoms with Crippen LogP contribution in [0.5, 0.6) is 0 Å². The van der Waals surface area contributed by atoms with Gasteiger partial charge in [-0.25, -0.2) is 9.24 Å². The van der Waals surface area contributed by atoms with E-state index in [4.69, 9.17) is 6.57 Å². The highest BCUT2D eigenvalue weighted by atomic mass is 19.1. The number of aryl methyl sites for hydroxylation is 1. The summed E-state index contributed by atoms with van der Waals surface area (Å²) in [6, 6.07) is 6.50. The van der Waals surface area contributed by atoms with E-state index in [1.807, 2.05) is 11.8 Å². The van der Waals surface area contributed by atoms with Crippen LogP contribution in [0.3, 0.4) is 0 Å². The van der Waals surface area contributed by atoms with Gasteiger partial charge < -0.3 is 15.3 Å². The first-order valence-electron chi connectivity index (χ1n) is 11.3. The van der Waals surface area contributed by atoms with Gasteiger partial charge in [-0.15, -0.1) is 0 Å². The number of rotatable bonds is 6. The van der Waals surface area contributed by atoms with Crippen molar-refractivity contribution >= 4 is 23.1 Å². The third kappa shape index (κ3) is 4.98. The Morgan fingerprint density at radius 3 is 2.69 bits per heavy atom. The predicted octanol–water partition coefficient (Wildman–Crippen LogP) is 4.82. The monoisotopic (exact) mass is 474 g/mol. The quantitative estimate of drug-likeness (QED) is 0.498. The van der Waals surface area contributed by atoms with Gasteiger partial charge in [0, 0.05) is 42.3 Å². The summed E-state index contributed by atoms with van der Waals surface area (Å²) in [4.78, 5) is 31.3. The minimum Gasteiger partial charge on any atom is -0.386 e. The Balaban J connectivity index is 1.59. The van der Waals surface area contributed by atoms with E-state index in [-0.39, 0.29) is 12.1 Å². The molecule has 0 aromatic carbocycles. The minimum atomic E-state index is -1.62. The average Bonchev–Trinajstić information content (AvgIpc) is 2.83. The molecule has 4 rings (SSSR count). The highest BCUT2D eigenvalue weighted by Crippen LogP contribution is 2.37. The number of nitrogens with one attached hydrogen (secondary N) is 1. The minimum absolute atomic E-state index is 0.205. The summed E-state index contributed by atoms with van der Waals surface area (Å²) >= 11 is 0. The molecule has 180 valence electrons. The summed E-state index contributed by atoms with van der Waals surface area (Å²) in [5, 5.41) is 12.8. The van der Waals surface area contributed by atoms with Gasteiger partial charge in [0.05, 0.1) is 29.8 Å². The lowest BCUT2D eigenvalue weighted by atomic mass is 9.96. The van der Waals surface area contributed by atoms with Crippen LogP contribution >= 0.6 is 0 Å². The van der Waals surface area contributed by atoms with Crippen molar-refractivity contribution in [3.63, 3.8) is 0 Å². The molecule has 8 nitrogen and oxygen atoms in total. The summed E-state index contributed by atoms with van der Waals surface area (Å²) < 4.78 is 14.7. The number of alkyl halides is 1. The first kappa shape index (κ1) is 24.2. The second-order valence-electron chi connectivity index (χ2n) is 9.32. The lowest BCUT2D eigenvalue weighted by Gasteiger charge is -2.45. The van der Waals surface area contributed by atoms with Gasteiger partial charge in [-0.05, 0) is 57.0 Å². The van der Waals surface area contributed by atoms with Crippen LogP contribution in [0.15, 0.2) is 42.9 Å². The largest absolute Gasteiger partial charge is 0.386 e. The molecule has 0 radical (unpaired) electrons. The smallest absolute Gasteiger partial charge is 0.255 e. The molecule has 0 saturated carbocycles. The SMILES string of the molecule is [C-]#[N+]c1cc(-c2cc(NC(=O)c3ccnc(C(C)(F)CC)c3)cnc2C)cnc1N1CC(C)(O)C1. The zero-order valence-corrected chi connectivity index (χ0v) is 20.1.